The first-order valence-electron chi connectivity index (χ1n) is 16.1. The van der Waals surface area contributed by atoms with E-state index >= 15 is 0 Å². The third kappa shape index (κ3) is 3.85. The molecule has 0 saturated carbocycles. The molecule has 3 aromatic heterocycles. The van der Waals surface area contributed by atoms with Gasteiger partial charge in [0.2, 0.25) is 0 Å². The van der Waals surface area contributed by atoms with E-state index in [2.05, 4.69) is 112 Å². The van der Waals surface area contributed by atoms with E-state index in [1.165, 1.54) is 0 Å². The number of benzene rings is 7. The van der Waals surface area contributed by atoms with Gasteiger partial charge in [0.25, 0.3) is 0 Å². The second kappa shape index (κ2) is 10.2. The molecule has 0 fully saturated rings. The Hall–Kier alpha value is -7.08. The minimum Gasteiger partial charge on any atom is -0.456 e. The third-order valence-electron chi connectivity index (χ3n) is 9.77. The molecule has 0 radical (unpaired) electrons. The highest BCUT2D eigenvalue weighted by Crippen LogP contribution is 2.43. The summed E-state index contributed by atoms with van der Waals surface area (Å²) in [6.07, 6.45) is 0. The largest absolute Gasteiger partial charge is 0.456 e. The molecular formula is C44H24N4O. The van der Waals surface area contributed by atoms with Crippen molar-refractivity contribution in [3.8, 4) is 34.6 Å². The van der Waals surface area contributed by atoms with Crippen LogP contribution in [0.25, 0.3) is 88.1 Å². The lowest BCUT2D eigenvalue weighted by Gasteiger charge is -2.19. The zero-order valence-corrected chi connectivity index (χ0v) is 26.1. The number of nitriles is 2. The van der Waals surface area contributed by atoms with Gasteiger partial charge >= 0.3 is 0 Å². The van der Waals surface area contributed by atoms with Crippen molar-refractivity contribution in [1.29, 1.82) is 10.5 Å². The van der Waals surface area contributed by atoms with Crippen molar-refractivity contribution in [2.24, 2.45) is 0 Å². The summed E-state index contributed by atoms with van der Waals surface area (Å²) in [6, 6.07) is 54.1. The fraction of sp³-hybridized carbons (Fsp3) is 0. The van der Waals surface area contributed by atoms with Crippen molar-refractivity contribution in [3.63, 3.8) is 0 Å². The first-order chi connectivity index (χ1) is 24.2. The SMILES string of the molecule is N#Cc1ccc(-n2c3ccccc3c3ccccc32)c(-c2cc(C#N)ccc2-n2c3ccccc3c3cc4c(cc32)oc2ccccc24)c1. The molecule has 0 N–H and O–H groups in total. The Balaban J connectivity index is 1.34. The van der Waals surface area contributed by atoms with E-state index in [0.717, 1.165) is 88.1 Å². The monoisotopic (exact) mass is 624 g/mol. The summed E-state index contributed by atoms with van der Waals surface area (Å²) in [5, 5.41) is 27.0. The first-order valence-corrected chi connectivity index (χ1v) is 16.1. The lowest BCUT2D eigenvalue weighted by atomic mass is 9.97. The highest BCUT2D eigenvalue weighted by Gasteiger charge is 2.22. The zero-order chi connectivity index (χ0) is 32.6. The Bertz CT molecular complexity index is 3030. The Morgan fingerprint density at radius 1 is 0.388 bits per heavy atom. The summed E-state index contributed by atoms with van der Waals surface area (Å²) < 4.78 is 10.9. The van der Waals surface area contributed by atoms with Crippen LogP contribution >= 0.6 is 0 Å². The number of nitrogens with zero attached hydrogens (tertiary/aromatic N) is 4. The molecule has 5 nitrogen and oxygen atoms in total. The number of fused-ring (bicyclic) bond motifs is 9. The number of furan rings is 1. The summed E-state index contributed by atoms with van der Waals surface area (Å²) in [4.78, 5) is 0. The summed E-state index contributed by atoms with van der Waals surface area (Å²) >= 11 is 0. The van der Waals surface area contributed by atoms with Crippen LogP contribution in [0.15, 0.2) is 150 Å². The van der Waals surface area contributed by atoms with E-state index in [1.807, 2.05) is 54.6 Å². The second-order valence-corrected chi connectivity index (χ2v) is 12.4. The van der Waals surface area contributed by atoms with Gasteiger partial charge in [-0.1, -0.05) is 72.8 Å². The van der Waals surface area contributed by atoms with Gasteiger partial charge in [-0.2, -0.15) is 10.5 Å². The van der Waals surface area contributed by atoms with Gasteiger partial charge in [-0.05, 0) is 66.7 Å². The molecule has 0 aliphatic heterocycles. The first kappa shape index (κ1) is 27.1. The highest BCUT2D eigenvalue weighted by atomic mass is 16.3. The second-order valence-electron chi connectivity index (χ2n) is 12.4. The number of para-hydroxylation sites is 4. The average molecular weight is 625 g/mol. The molecule has 0 aliphatic carbocycles. The maximum Gasteiger partial charge on any atom is 0.137 e. The molecule has 0 amide bonds. The molecule has 226 valence electrons. The minimum absolute atomic E-state index is 0.537. The van der Waals surface area contributed by atoms with Crippen LogP contribution in [0, 0.1) is 22.7 Å². The lowest BCUT2D eigenvalue weighted by molar-refractivity contribution is 0.669. The van der Waals surface area contributed by atoms with Crippen LogP contribution in [0.4, 0.5) is 0 Å². The molecular weight excluding hydrogens is 601 g/mol. The van der Waals surface area contributed by atoms with E-state index in [9.17, 15) is 10.5 Å². The van der Waals surface area contributed by atoms with Crippen LogP contribution in [0.1, 0.15) is 11.1 Å². The van der Waals surface area contributed by atoms with Gasteiger partial charge in [-0.15, -0.1) is 0 Å². The Labute approximate surface area is 280 Å². The van der Waals surface area contributed by atoms with Crippen molar-refractivity contribution in [2.45, 2.75) is 0 Å². The average Bonchev–Trinajstić information content (AvgIpc) is 3.80. The van der Waals surface area contributed by atoms with Crippen molar-refractivity contribution < 1.29 is 4.42 Å². The Morgan fingerprint density at radius 2 is 0.857 bits per heavy atom. The molecule has 0 saturated heterocycles. The normalized spacial score (nSPS) is 11.6. The van der Waals surface area contributed by atoms with Crippen LogP contribution in [0.5, 0.6) is 0 Å². The molecule has 49 heavy (non-hydrogen) atoms. The van der Waals surface area contributed by atoms with Gasteiger partial charge in [-0.25, -0.2) is 0 Å². The van der Waals surface area contributed by atoms with Gasteiger partial charge < -0.3 is 13.6 Å². The van der Waals surface area contributed by atoms with Crippen LogP contribution in [0.2, 0.25) is 0 Å². The van der Waals surface area contributed by atoms with Crippen molar-refractivity contribution in [1.82, 2.24) is 9.13 Å². The predicted octanol–water partition coefficient (Wildman–Crippen LogP) is 11.2. The van der Waals surface area contributed by atoms with E-state index < -0.39 is 0 Å². The Morgan fingerprint density at radius 3 is 1.41 bits per heavy atom. The smallest absolute Gasteiger partial charge is 0.137 e. The van der Waals surface area contributed by atoms with Crippen molar-refractivity contribution >= 4 is 65.6 Å². The molecule has 3 heterocycles. The fourth-order valence-corrected chi connectivity index (χ4v) is 7.66. The van der Waals surface area contributed by atoms with Crippen molar-refractivity contribution in [3.05, 3.63) is 157 Å². The van der Waals surface area contributed by atoms with Gasteiger partial charge in [0.15, 0.2) is 0 Å². The van der Waals surface area contributed by atoms with Crippen LogP contribution < -0.4 is 0 Å². The van der Waals surface area contributed by atoms with Gasteiger partial charge in [0, 0.05) is 49.5 Å². The van der Waals surface area contributed by atoms with E-state index in [1.54, 1.807) is 0 Å². The maximum atomic E-state index is 10.2. The summed E-state index contributed by atoms with van der Waals surface area (Å²) in [7, 11) is 0. The summed E-state index contributed by atoms with van der Waals surface area (Å²) in [6.45, 7) is 0. The molecule has 0 bridgehead atoms. The third-order valence-corrected chi connectivity index (χ3v) is 9.77. The highest BCUT2D eigenvalue weighted by molar-refractivity contribution is 6.17. The number of aromatic nitrogens is 2. The van der Waals surface area contributed by atoms with Gasteiger partial charge in [-0.3, -0.25) is 0 Å². The van der Waals surface area contributed by atoms with E-state index in [0.29, 0.717) is 11.1 Å². The Kier molecular flexibility index (Phi) is 5.64. The predicted molar refractivity (Wildman–Crippen MR) is 197 cm³/mol. The molecule has 0 atom stereocenters. The maximum absolute atomic E-state index is 10.2. The molecule has 0 unspecified atom stereocenters. The lowest BCUT2D eigenvalue weighted by Crippen LogP contribution is -2.02. The number of hydrogen-bond donors (Lipinski definition) is 0. The van der Waals surface area contributed by atoms with E-state index in [4.69, 9.17) is 4.42 Å². The molecule has 10 rings (SSSR count). The van der Waals surface area contributed by atoms with Crippen molar-refractivity contribution in [2.75, 3.05) is 0 Å². The molecule has 10 aromatic rings. The minimum atomic E-state index is 0.537. The molecule has 5 heteroatoms. The topological polar surface area (TPSA) is 70.6 Å². The zero-order valence-electron chi connectivity index (χ0n) is 26.1. The molecule has 0 aliphatic rings. The van der Waals surface area contributed by atoms with Crippen LogP contribution in [-0.2, 0) is 0 Å². The molecule has 0 spiro atoms. The van der Waals surface area contributed by atoms with Gasteiger partial charge in [0.1, 0.15) is 11.2 Å². The molecule has 7 aromatic carbocycles. The summed E-state index contributed by atoms with van der Waals surface area (Å²) in [5.41, 5.74) is 10.4. The van der Waals surface area contributed by atoms with Crippen LogP contribution in [0.3, 0.4) is 0 Å². The number of rotatable bonds is 3. The summed E-state index contributed by atoms with van der Waals surface area (Å²) in [5.74, 6) is 0. The fourth-order valence-electron chi connectivity index (χ4n) is 7.66. The van der Waals surface area contributed by atoms with Crippen LogP contribution in [-0.4, -0.2) is 9.13 Å². The standard InChI is InChI=1S/C44H24N4O/c45-25-27-17-19-40(47-37-13-5-1-9-29(37)30-10-2-6-14-38(30)47)33(21-27)34-22-28(26-46)18-20-41(34)48-39-15-7-3-11-31(39)35-23-36-32-12-4-8-16-43(32)49-44(36)24-42(35)48/h1-24H. The van der Waals surface area contributed by atoms with Gasteiger partial charge in [0.05, 0.1) is 56.7 Å². The number of hydrogen-bond acceptors (Lipinski definition) is 3. The quantitative estimate of drug-likeness (QED) is 0.196. The van der Waals surface area contributed by atoms with E-state index in [-0.39, 0.29) is 0 Å².